The van der Waals surface area contributed by atoms with E-state index in [0.717, 1.165) is 5.69 Å². The molecule has 88 valence electrons. The lowest BCUT2D eigenvalue weighted by molar-refractivity contribution is 0.454. The zero-order valence-electron chi connectivity index (χ0n) is 9.68. The van der Waals surface area contributed by atoms with Gasteiger partial charge in [0.2, 0.25) is 5.88 Å². The number of aryl methyl sites for hydroxylation is 1. The van der Waals surface area contributed by atoms with Gasteiger partial charge in [0.25, 0.3) is 0 Å². The predicted octanol–water partition coefficient (Wildman–Crippen LogP) is 2.88. The zero-order chi connectivity index (χ0) is 12.3. The van der Waals surface area contributed by atoms with Crippen molar-refractivity contribution in [2.75, 3.05) is 12.0 Å². The molecule has 2 aromatic rings. The van der Waals surface area contributed by atoms with Crippen molar-refractivity contribution in [2.24, 2.45) is 0 Å². The molecule has 2 N–H and O–H groups in total. The average molecular weight is 247 g/mol. The molecule has 0 saturated heterocycles. The lowest BCUT2D eigenvalue weighted by Gasteiger charge is -2.06. The van der Waals surface area contributed by atoms with Gasteiger partial charge in [0.15, 0.2) is 5.16 Å². The van der Waals surface area contributed by atoms with Crippen LogP contribution in [0.2, 0.25) is 0 Å². The Kier molecular flexibility index (Phi) is 3.49. The monoisotopic (exact) mass is 247 g/mol. The SMILES string of the molecule is CSc1nc(C)cc(Oc2ccc(N)cc2)n1. The number of hydrogen-bond acceptors (Lipinski definition) is 5. The van der Waals surface area contributed by atoms with Gasteiger partial charge in [0.05, 0.1) is 0 Å². The van der Waals surface area contributed by atoms with Crippen molar-refractivity contribution in [1.29, 1.82) is 0 Å². The van der Waals surface area contributed by atoms with Crippen LogP contribution in [0.1, 0.15) is 5.69 Å². The molecule has 0 fully saturated rings. The molecule has 0 aliphatic rings. The van der Waals surface area contributed by atoms with Gasteiger partial charge in [-0.2, -0.15) is 4.98 Å². The van der Waals surface area contributed by atoms with Gasteiger partial charge in [0.1, 0.15) is 5.75 Å². The smallest absolute Gasteiger partial charge is 0.223 e. The molecule has 0 radical (unpaired) electrons. The quantitative estimate of drug-likeness (QED) is 0.513. The Morgan fingerprint density at radius 2 is 1.88 bits per heavy atom. The van der Waals surface area contributed by atoms with Crippen molar-refractivity contribution in [3.05, 3.63) is 36.0 Å². The summed E-state index contributed by atoms with van der Waals surface area (Å²) in [5.74, 6) is 1.26. The van der Waals surface area contributed by atoms with Crippen LogP contribution in [-0.4, -0.2) is 16.2 Å². The molecular weight excluding hydrogens is 234 g/mol. The van der Waals surface area contributed by atoms with Crippen LogP contribution in [0, 0.1) is 6.92 Å². The first-order valence-corrected chi connectivity index (χ1v) is 6.33. The summed E-state index contributed by atoms with van der Waals surface area (Å²) in [4.78, 5) is 8.53. The van der Waals surface area contributed by atoms with E-state index in [1.165, 1.54) is 11.8 Å². The Morgan fingerprint density at radius 1 is 1.18 bits per heavy atom. The summed E-state index contributed by atoms with van der Waals surface area (Å²) in [5, 5.41) is 0.704. The average Bonchev–Trinajstić information content (AvgIpc) is 2.31. The van der Waals surface area contributed by atoms with Crippen LogP contribution in [0.4, 0.5) is 5.69 Å². The fraction of sp³-hybridized carbons (Fsp3) is 0.167. The molecular formula is C12H13N3OS. The van der Waals surface area contributed by atoms with Crippen molar-refractivity contribution in [3.8, 4) is 11.6 Å². The van der Waals surface area contributed by atoms with E-state index in [2.05, 4.69) is 9.97 Å². The lowest BCUT2D eigenvalue weighted by atomic mass is 10.3. The molecule has 0 saturated carbocycles. The third kappa shape index (κ3) is 3.10. The van der Waals surface area contributed by atoms with Crippen LogP contribution in [-0.2, 0) is 0 Å². The largest absolute Gasteiger partial charge is 0.439 e. The van der Waals surface area contributed by atoms with Crippen LogP contribution in [0.3, 0.4) is 0 Å². The minimum Gasteiger partial charge on any atom is -0.439 e. The Balaban J connectivity index is 2.23. The van der Waals surface area contributed by atoms with Crippen LogP contribution < -0.4 is 10.5 Å². The third-order valence-electron chi connectivity index (χ3n) is 2.10. The summed E-state index contributed by atoms with van der Waals surface area (Å²) in [6, 6.07) is 9.00. The molecule has 1 aromatic heterocycles. The molecule has 2 rings (SSSR count). The minimum absolute atomic E-state index is 0.548. The molecule has 0 aliphatic carbocycles. The van der Waals surface area contributed by atoms with Crippen LogP contribution >= 0.6 is 11.8 Å². The van der Waals surface area contributed by atoms with E-state index in [4.69, 9.17) is 10.5 Å². The van der Waals surface area contributed by atoms with Gasteiger partial charge in [-0.3, -0.25) is 0 Å². The predicted molar refractivity (Wildman–Crippen MR) is 69.5 cm³/mol. The van der Waals surface area contributed by atoms with E-state index in [9.17, 15) is 0 Å². The molecule has 0 amide bonds. The summed E-state index contributed by atoms with van der Waals surface area (Å²) in [7, 11) is 0. The highest BCUT2D eigenvalue weighted by atomic mass is 32.2. The standard InChI is InChI=1S/C12H13N3OS/c1-8-7-11(15-12(14-8)17-2)16-10-5-3-9(13)4-6-10/h3-7H,13H2,1-2H3. The summed E-state index contributed by atoms with van der Waals surface area (Å²) in [6.45, 7) is 1.91. The van der Waals surface area contributed by atoms with Crippen LogP contribution in [0.15, 0.2) is 35.5 Å². The van der Waals surface area contributed by atoms with Gasteiger partial charge in [-0.1, -0.05) is 11.8 Å². The van der Waals surface area contributed by atoms with Gasteiger partial charge in [0, 0.05) is 17.4 Å². The fourth-order valence-corrected chi connectivity index (χ4v) is 1.73. The summed E-state index contributed by atoms with van der Waals surface area (Å²) in [5.41, 5.74) is 7.20. The summed E-state index contributed by atoms with van der Waals surface area (Å²) < 4.78 is 5.64. The lowest BCUT2D eigenvalue weighted by Crippen LogP contribution is -1.94. The number of thioether (sulfide) groups is 1. The van der Waals surface area contributed by atoms with Gasteiger partial charge in [-0.15, -0.1) is 0 Å². The normalized spacial score (nSPS) is 10.2. The molecule has 0 unspecified atom stereocenters. The highest BCUT2D eigenvalue weighted by molar-refractivity contribution is 7.98. The van der Waals surface area contributed by atoms with E-state index in [-0.39, 0.29) is 0 Å². The zero-order valence-corrected chi connectivity index (χ0v) is 10.5. The Hall–Kier alpha value is -1.75. The van der Waals surface area contributed by atoms with Gasteiger partial charge in [-0.05, 0) is 37.4 Å². The van der Waals surface area contributed by atoms with Crippen LogP contribution in [0.25, 0.3) is 0 Å². The Labute approximate surface area is 104 Å². The summed E-state index contributed by atoms with van der Waals surface area (Å²) in [6.07, 6.45) is 1.93. The molecule has 0 atom stereocenters. The number of nitrogens with zero attached hydrogens (tertiary/aromatic N) is 2. The number of nitrogen functional groups attached to an aromatic ring is 1. The van der Waals surface area contributed by atoms with Gasteiger partial charge in [-0.25, -0.2) is 4.98 Å². The second-order valence-corrected chi connectivity index (χ2v) is 4.28. The van der Waals surface area contributed by atoms with Gasteiger partial charge >= 0.3 is 0 Å². The highest BCUT2D eigenvalue weighted by Gasteiger charge is 2.03. The van der Waals surface area contributed by atoms with E-state index < -0.39 is 0 Å². The third-order valence-corrected chi connectivity index (χ3v) is 2.64. The molecule has 1 heterocycles. The van der Waals surface area contributed by atoms with Gasteiger partial charge < -0.3 is 10.5 Å². The van der Waals surface area contributed by atoms with Crippen molar-refractivity contribution in [3.63, 3.8) is 0 Å². The molecule has 0 bridgehead atoms. The number of benzene rings is 1. The molecule has 1 aromatic carbocycles. The van der Waals surface area contributed by atoms with E-state index >= 15 is 0 Å². The fourth-order valence-electron chi connectivity index (χ4n) is 1.31. The topological polar surface area (TPSA) is 61.0 Å². The number of nitrogens with two attached hydrogens (primary N) is 1. The van der Waals surface area contributed by atoms with Crippen LogP contribution in [0.5, 0.6) is 11.6 Å². The second-order valence-electron chi connectivity index (χ2n) is 3.51. The van der Waals surface area contributed by atoms with E-state index in [1.807, 2.05) is 25.3 Å². The Bertz CT molecular complexity index is 514. The number of anilines is 1. The Morgan fingerprint density at radius 3 is 2.53 bits per heavy atom. The summed E-state index contributed by atoms with van der Waals surface area (Å²) >= 11 is 1.49. The maximum atomic E-state index is 5.64. The first-order valence-electron chi connectivity index (χ1n) is 5.10. The van der Waals surface area contributed by atoms with E-state index in [1.54, 1.807) is 18.2 Å². The molecule has 17 heavy (non-hydrogen) atoms. The second kappa shape index (κ2) is 5.05. The van der Waals surface area contributed by atoms with Crippen molar-refractivity contribution in [1.82, 2.24) is 9.97 Å². The highest BCUT2D eigenvalue weighted by Crippen LogP contribution is 2.22. The first-order chi connectivity index (χ1) is 8.17. The molecule has 0 spiro atoms. The van der Waals surface area contributed by atoms with Crippen molar-refractivity contribution >= 4 is 17.4 Å². The van der Waals surface area contributed by atoms with Crippen molar-refractivity contribution < 1.29 is 4.74 Å². The molecule has 5 heteroatoms. The first kappa shape index (κ1) is 11.7. The maximum Gasteiger partial charge on any atom is 0.223 e. The number of aromatic nitrogens is 2. The van der Waals surface area contributed by atoms with Crippen molar-refractivity contribution in [2.45, 2.75) is 12.1 Å². The molecule has 0 aliphatic heterocycles. The number of ether oxygens (including phenoxy) is 1. The maximum absolute atomic E-state index is 5.64. The number of rotatable bonds is 3. The molecule has 4 nitrogen and oxygen atoms in total. The minimum atomic E-state index is 0.548. The van der Waals surface area contributed by atoms with E-state index in [0.29, 0.717) is 22.5 Å². The number of hydrogen-bond donors (Lipinski definition) is 1.